The number of halogens is 2. The average molecular weight is 956 g/mol. The molecule has 0 fully saturated rings. The van der Waals surface area contributed by atoms with E-state index in [1.165, 1.54) is 48.5 Å². The van der Waals surface area contributed by atoms with Gasteiger partial charge in [0.15, 0.2) is 0 Å². The van der Waals surface area contributed by atoms with Crippen LogP contribution in [0.2, 0.25) is 10.0 Å². The van der Waals surface area contributed by atoms with Crippen LogP contribution >= 0.6 is 23.2 Å². The van der Waals surface area contributed by atoms with E-state index in [0.717, 1.165) is 36.4 Å². The SMILES string of the molecule is CCOc1cc(N=Nc2cc(Cl)c(S(=O)(=O)O)cc2Cl)c2cc(S(=O)(=O)[O-])ccc2c1N=Nc1c(S(=O)(=O)O)cc2cc(N=C([O-])c3ccc(N)cc3)ccc2c1[O-].[Na+].[Na+].[Na+]. The first-order valence-corrected chi connectivity index (χ1v) is 21.1. The van der Waals surface area contributed by atoms with Crippen molar-refractivity contribution >= 4 is 115 Å². The van der Waals surface area contributed by atoms with E-state index in [1.54, 1.807) is 6.92 Å². The molecule has 300 valence electrons. The van der Waals surface area contributed by atoms with Gasteiger partial charge in [-0.15, -0.1) is 20.5 Å². The van der Waals surface area contributed by atoms with Crippen LogP contribution in [-0.2, 0) is 30.4 Å². The number of aliphatic imine (C=N–C) groups is 1. The number of benzene rings is 6. The fourth-order valence-electron chi connectivity index (χ4n) is 5.45. The molecule has 0 heterocycles. The number of nitrogen functional groups attached to an aromatic ring is 1. The van der Waals surface area contributed by atoms with Crippen molar-refractivity contribution in [2.75, 3.05) is 12.3 Å². The van der Waals surface area contributed by atoms with Crippen LogP contribution in [0.1, 0.15) is 12.5 Å². The van der Waals surface area contributed by atoms with E-state index in [2.05, 4.69) is 25.4 Å². The summed E-state index contributed by atoms with van der Waals surface area (Å²) in [5.41, 5.74) is 4.92. The van der Waals surface area contributed by atoms with Gasteiger partial charge in [-0.25, -0.2) is 8.42 Å². The second-order valence-corrected chi connectivity index (χ2v) is 16.9. The van der Waals surface area contributed by atoms with Crippen LogP contribution in [0.4, 0.5) is 34.1 Å². The zero-order valence-corrected chi connectivity index (χ0v) is 42.0. The molecule has 0 aliphatic rings. The molecule has 6 aromatic carbocycles. The van der Waals surface area contributed by atoms with Crippen LogP contribution in [-0.4, -0.2) is 51.4 Å². The van der Waals surface area contributed by atoms with Crippen molar-refractivity contribution in [2.24, 2.45) is 25.4 Å². The number of azo groups is 2. The first kappa shape index (κ1) is 52.6. The zero-order valence-electron chi connectivity index (χ0n) is 32.1. The average Bonchev–Trinajstić information content (AvgIpc) is 3.14. The quantitative estimate of drug-likeness (QED) is 0.0318. The number of hydrogen-bond acceptors (Lipinski definition) is 16. The molecule has 0 atom stereocenters. The fraction of sp³-hybridized carbons (Fsp3) is 0.0571. The van der Waals surface area contributed by atoms with Gasteiger partial charge in [0.1, 0.15) is 37.0 Å². The zero-order chi connectivity index (χ0) is 42.3. The van der Waals surface area contributed by atoms with E-state index in [9.17, 15) is 49.1 Å². The van der Waals surface area contributed by atoms with Gasteiger partial charge >= 0.3 is 88.7 Å². The van der Waals surface area contributed by atoms with Crippen molar-refractivity contribution in [3.05, 3.63) is 101 Å². The summed E-state index contributed by atoms with van der Waals surface area (Å²) < 4.78 is 110. The second-order valence-electron chi connectivity index (χ2n) is 11.9. The van der Waals surface area contributed by atoms with E-state index in [4.69, 9.17) is 33.7 Å². The van der Waals surface area contributed by atoms with Gasteiger partial charge in [-0.05, 0) is 83.8 Å². The normalized spacial score (nSPS) is 12.3. The third-order valence-corrected chi connectivity index (χ3v) is 11.4. The van der Waals surface area contributed by atoms with Gasteiger partial charge in [-0.2, -0.15) is 16.8 Å². The molecule has 0 aliphatic heterocycles. The van der Waals surface area contributed by atoms with E-state index >= 15 is 0 Å². The molecular weight excluding hydrogens is 932 g/mol. The summed E-state index contributed by atoms with van der Waals surface area (Å²) in [4.78, 5) is 1.61. The Morgan fingerprint density at radius 1 is 0.705 bits per heavy atom. The number of nitrogens with zero attached hydrogens (tertiary/aromatic N) is 5. The van der Waals surface area contributed by atoms with Crippen LogP contribution in [0.5, 0.6) is 11.5 Å². The first-order chi connectivity index (χ1) is 27.1. The molecule has 0 spiro atoms. The molecule has 0 unspecified atom stereocenters. The van der Waals surface area contributed by atoms with E-state index < -0.39 is 67.4 Å². The van der Waals surface area contributed by atoms with Crippen molar-refractivity contribution < 1.29 is 143 Å². The van der Waals surface area contributed by atoms with Gasteiger partial charge in [0.25, 0.3) is 20.2 Å². The van der Waals surface area contributed by atoms with Crippen LogP contribution in [0.25, 0.3) is 21.5 Å². The summed E-state index contributed by atoms with van der Waals surface area (Å²) in [7, 11) is -15.0. The Labute approximate surface area is 424 Å². The minimum absolute atomic E-state index is 0. The predicted molar refractivity (Wildman–Crippen MR) is 208 cm³/mol. The van der Waals surface area contributed by atoms with Gasteiger partial charge < -0.3 is 25.2 Å². The third-order valence-electron chi connectivity index (χ3n) is 8.09. The van der Waals surface area contributed by atoms with E-state index in [1.807, 2.05) is 0 Å². The molecule has 18 nitrogen and oxygen atoms in total. The van der Waals surface area contributed by atoms with E-state index in [0.29, 0.717) is 5.69 Å². The summed E-state index contributed by atoms with van der Waals surface area (Å²) >= 11 is 12.2. The van der Waals surface area contributed by atoms with Crippen molar-refractivity contribution in [3.8, 4) is 11.5 Å². The Hall–Kier alpha value is -2.78. The van der Waals surface area contributed by atoms with E-state index in [-0.39, 0.29) is 156 Å². The van der Waals surface area contributed by atoms with Crippen LogP contribution in [0.15, 0.2) is 125 Å². The molecule has 0 aromatic heterocycles. The predicted octanol–water partition coefficient (Wildman–Crippen LogP) is -1.97. The third kappa shape index (κ3) is 12.1. The minimum atomic E-state index is -5.17. The second kappa shape index (κ2) is 20.8. The number of ether oxygens (including phenoxy) is 1. The summed E-state index contributed by atoms with van der Waals surface area (Å²) in [5.74, 6) is -1.79. The monoisotopic (exact) mass is 954 g/mol. The first-order valence-electron chi connectivity index (χ1n) is 16.0. The Balaban J connectivity index is 0.00000331. The van der Waals surface area contributed by atoms with Gasteiger partial charge in [0.05, 0.1) is 38.6 Å². The van der Waals surface area contributed by atoms with Crippen LogP contribution in [0.3, 0.4) is 0 Å². The Bertz CT molecular complexity index is 3130. The molecule has 6 aromatic rings. The number of anilines is 1. The van der Waals surface area contributed by atoms with Crippen molar-refractivity contribution in [1.29, 1.82) is 0 Å². The maximum Gasteiger partial charge on any atom is 1.00 e. The van der Waals surface area contributed by atoms with Gasteiger partial charge in [-0.3, -0.25) is 14.1 Å². The molecular formula is C35H23Cl2N6Na3O12S3. The van der Waals surface area contributed by atoms with Crippen molar-refractivity contribution in [1.82, 2.24) is 0 Å². The Kier molecular flexibility index (Phi) is 17.9. The summed E-state index contributed by atoms with van der Waals surface area (Å²) in [6, 6.07) is 16.7. The van der Waals surface area contributed by atoms with Crippen LogP contribution in [0, 0.1) is 0 Å². The summed E-state index contributed by atoms with van der Waals surface area (Å²) in [6.45, 7) is 1.56. The Morgan fingerprint density at radius 3 is 1.92 bits per heavy atom. The topological polar surface area (TPSA) is 309 Å². The van der Waals surface area contributed by atoms with Gasteiger partial charge in [0.2, 0.25) is 0 Å². The van der Waals surface area contributed by atoms with Gasteiger partial charge in [0, 0.05) is 22.5 Å². The summed E-state index contributed by atoms with van der Waals surface area (Å²) in [5, 5.41) is 41.5. The number of fused-ring (bicyclic) bond motifs is 2. The number of nitrogens with two attached hydrogens (primary N) is 1. The maximum atomic E-state index is 13.8. The molecule has 0 bridgehead atoms. The molecule has 61 heavy (non-hydrogen) atoms. The van der Waals surface area contributed by atoms with Crippen molar-refractivity contribution in [2.45, 2.75) is 21.6 Å². The molecule has 26 heteroatoms. The largest absolute Gasteiger partial charge is 1.00 e. The molecule has 4 N–H and O–H groups in total. The van der Waals surface area contributed by atoms with Crippen molar-refractivity contribution in [3.63, 3.8) is 0 Å². The van der Waals surface area contributed by atoms with Crippen LogP contribution < -0.4 is 109 Å². The Morgan fingerprint density at radius 2 is 1.31 bits per heavy atom. The molecule has 6 rings (SSSR count). The number of hydrogen-bond donors (Lipinski definition) is 3. The molecule has 0 saturated carbocycles. The smallest absolute Gasteiger partial charge is 0.871 e. The molecule has 0 radical (unpaired) electrons. The number of rotatable bonds is 11. The molecule has 0 saturated heterocycles. The molecule has 0 amide bonds. The van der Waals surface area contributed by atoms with Gasteiger partial charge in [-0.1, -0.05) is 53.2 Å². The standard InChI is InChI=1S/C35H26Cl2N6O12S3.3Na/c1-2-55-29-16-27(40-41-28-14-26(37)30(15-25(28)36)57(49,50)51)24-13-21(56(46,47)48)8-10-23(24)32(29)42-43-33-31(58(52,53)54)12-18-11-20(7-9-22(18)34(33)44)39-35(45)17-3-5-19(38)6-4-17;;;/h3-16,44H,2,38H2,1H3,(H,39,45)(H,46,47,48)(H,49,50,51)(H,52,53,54);;;/q;3*+1/p-3. The fourth-order valence-corrected chi connectivity index (χ4v) is 7.88. The minimum Gasteiger partial charge on any atom is -0.871 e. The summed E-state index contributed by atoms with van der Waals surface area (Å²) in [6.07, 6.45) is 0. The maximum absolute atomic E-state index is 13.8. The molecule has 0 aliphatic carbocycles.